The molecule has 0 aliphatic carbocycles. The van der Waals surface area contributed by atoms with Crippen LogP contribution in [0.15, 0.2) is 30.3 Å². The molecule has 1 aromatic carbocycles. The largest absolute Gasteiger partial charge is 0.378 e. The minimum Gasteiger partial charge on any atom is -0.378 e. The first kappa shape index (κ1) is 18.5. The van der Waals surface area contributed by atoms with Crippen LogP contribution in [-0.2, 0) is 14.3 Å². The molecule has 2 amide bonds. The van der Waals surface area contributed by atoms with E-state index in [4.69, 9.17) is 4.74 Å². The van der Waals surface area contributed by atoms with Crippen molar-refractivity contribution in [3.05, 3.63) is 35.9 Å². The van der Waals surface area contributed by atoms with Gasteiger partial charge in [-0.2, -0.15) is 0 Å². The summed E-state index contributed by atoms with van der Waals surface area (Å²) in [7, 11) is 0. The van der Waals surface area contributed by atoms with Gasteiger partial charge < -0.3 is 14.5 Å². The van der Waals surface area contributed by atoms with E-state index < -0.39 is 0 Å². The molecule has 5 nitrogen and oxygen atoms in total. The van der Waals surface area contributed by atoms with E-state index in [1.807, 2.05) is 40.1 Å². The number of nitrogens with zero attached hydrogens (tertiary/aromatic N) is 2. The van der Waals surface area contributed by atoms with Gasteiger partial charge in [0.15, 0.2) is 0 Å². The number of ether oxygens (including phenoxy) is 1. The lowest BCUT2D eigenvalue weighted by atomic mass is 9.92. The van der Waals surface area contributed by atoms with Crippen molar-refractivity contribution < 1.29 is 14.3 Å². The second kappa shape index (κ2) is 9.40. The first-order valence-corrected chi connectivity index (χ1v) is 9.44. The van der Waals surface area contributed by atoms with Crippen molar-refractivity contribution in [1.29, 1.82) is 0 Å². The molecule has 3 rings (SSSR count). The molecule has 0 atom stereocenters. The highest BCUT2D eigenvalue weighted by atomic mass is 16.5. The van der Waals surface area contributed by atoms with E-state index in [9.17, 15) is 9.59 Å². The lowest BCUT2D eigenvalue weighted by Gasteiger charge is -2.31. The van der Waals surface area contributed by atoms with Crippen LogP contribution in [0.3, 0.4) is 0 Å². The number of amides is 2. The molecule has 0 bridgehead atoms. The van der Waals surface area contributed by atoms with Crippen molar-refractivity contribution in [3.8, 4) is 11.8 Å². The summed E-state index contributed by atoms with van der Waals surface area (Å²) in [6.07, 6.45) is 3.42. The van der Waals surface area contributed by atoms with Crippen LogP contribution >= 0.6 is 0 Å². The van der Waals surface area contributed by atoms with Gasteiger partial charge in [0.05, 0.1) is 13.2 Å². The smallest absolute Gasteiger partial charge is 0.298 e. The predicted octanol–water partition coefficient (Wildman–Crippen LogP) is 1.92. The number of carbonyl (C=O) groups excluding carboxylic acids is 2. The summed E-state index contributed by atoms with van der Waals surface area (Å²) < 4.78 is 5.28. The topological polar surface area (TPSA) is 49.9 Å². The molecule has 0 spiro atoms. The van der Waals surface area contributed by atoms with Gasteiger partial charge in [-0.3, -0.25) is 9.59 Å². The predicted molar refractivity (Wildman–Crippen MR) is 99.3 cm³/mol. The third kappa shape index (κ3) is 5.34. The number of morpholine rings is 1. The third-order valence-corrected chi connectivity index (χ3v) is 5.12. The normalized spacial score (nSPS) is 18.2. The van der Waals surface area contributed by atoms with E-state index >= 15 is 0 Å². The minimum absolute atomic E-state index is 0.100. The third-order valence-electron chi connectivity index (χ3n) is 5.12. The van der Waals surface area contributed by atoms with Gasteiger partial charge >= 0.3 is 0 Å². The first-order chi connectivity index (χ1) is 12.7. The van der Waals surface area contributed by atoms with Crippen LogP contribution in [0.2, 0.25) is 0 Å². The Morgan fingerprint density at radius 2 is 1.69 bits per heavy atom. The van der Waals surface area contributed by atoms with Crippen molar-refractivity contribution in [2.75, 3.05) is 39.4 Å². The number of piperidine rings is 1. The standard InChI is InChI=1S/C21H26N2O3/c24-20(8-6-18-4-2-1-3-5-18)22-12-10-19(11-13-22)7-9-21(25)23-14-16-26-17-15-23/h1-5,19H,7,9-17H2. The summed E-state index contributed by atoms with van der Waals surface area (Å²) in [5.41, 5.74) is 0.859. The molecule has 1 aromatic rings. The number of rotatable bonds is 3. The molecule has 0 unspecified atom stereocenters. The zero-order chi connectivity index (χ0) is 18.2. The van der Waals surface area contributed by atoms with Crippen LogP contribution in [0.25, 0.3) is 0 Å². The van der Waals surface area contributed by atoms with E-state index in [-0.39, 0.29) is 11.8 Å². The Morgan fingerprint density at radius 3 is 2.38 bits per heavy atom. The summed E-state index contributed by atoms with van der Waals surface area (Å²) in [5.74, 6) is 6.32. The number of benzene rings is 1. The Bertz CT molecular complexity index is 663. The maximum Gasteiger partial charge on any atom is 0.298 e. The lowest BCUT2D eigenvalue weighted by Crippen LogP contribution is -2.41. The van der Waals surface area contributed by atoms with Gasteiger partial charge in [0.2, 0.25) is 5.91 Å². The van der Waals surface area contributed by atoms with Gasteiger partial charge in [-0.05, 0) is 37.3 Å². The second-order valence-corrected chi connectivity index (χ2v) is 6.88. The second-order valence-electron chi connectivity index (χ2n) is 6.88. The first-order valence-electron chi connectivity index (χ1n) is 9.44. The number of likely N-dealkylation sites (tertiary alicyclic amines) is 1. The molecule has 0 N–H and O–H groups in total. The molecule has 2 fully saturated rings. The Labute approximate surface area is 155 Å². The molecular formula is C21H26N2O3. The van der Waals surface area contributed by atoms with Gasteiger partial charge in [-0.25, -0.2) is 0 Å². The number of hydrogen-bond donors (Lipinski definition) is 0. The molecule has 138 valence electrons. The summed E-state index contributed by atoms with van der Waals surface area (Å²) in [5, 5.41) is 0. The van der Waals surface area contributed by atoms with Crippen LogP contribution in [0.1, 0.15) is 31.2 Å². The van der Waals surface area contributed by atoms with Crippen LogP contribution in [0.5, 0.6) is 0 Å². The highest BCUT2D eigenvalue weighted by Crippen LogP contribution is 2.22. The van der Waals surface area contributed by atoms with Crippen molar-refractivity contribution in [3.63, 3.8) is 0 Å². The zero-order valence-electron chi connectivity index (χ0n) is 15.2. The van der Waals surface area contributed by atoms with E-state index in [0.29, 0.717) is 38.6 Å². The minimum atomic E-state index is -0.100. The molecule has 2 aliphatic heterocycles. The fraction of sp³-hybridized carbons (Fsp3) is 0.524. The maximum absolute atomic E-state index is 12.2. The van der Waals surface area contributed by atoms with Crippen molar-refractivity contribution in [1.82, 2.24) is 9.80 Å². The van der Waals surface area contributed by atoms with E-state index in [1.54, 1.807) is 0 Å². The van der Waals surface area contributed by atoms with Crippen LogP contribution in [0, 0.1) is 17.8 Å². The maximum atomic E-state index is 12.2. The van der Waals surface area contributed by atoms with Crippen molar-refractivity contribution >= 4 is 11.8 Å². The zero-order valence-corrected chi connectivity index (χ0v) is 15.2. The average molecular weight is 354 g/mol. The van der Waals surface area contributed by atoms with Crippen LogP contribution in [-0.4, -0.2) is 61.0 Å². The van der Waals surface area contributed by atoms with Crippen LogP contribution < -0.4 is 0 Å². The van der Waals surface area contributed by atoms with E-state index in [2.05, 4.69) is 11.8 Å². The molecule has 5 heteroatoms. The fourth-order valence-electron chi connectivity index (χ4n) is 3.45. The Morgan fingerprint density at radius 1 is 1.00 bits per heavy atom. The fourth-order valence-corrected chi connectivity index (χ4v) is 3.45. The quantitative estimate of drug-likeness (QED) is 0.779. The van der Waals surface area contributed by atoms with Crippen molar-refractivity contribution in [2.24, 2.45) is 5.92 Å². The molecule has 0 radical (unpaired) electrons. The van der Waals surface area contributed by atoms with Gasteiger partial charge in [0.1, 0.15) is 0 Å². The molecule has 2 saturated heterocycles. The highest BCUT2D eigenvalue weighted by Gasteiger charge is 2.23. The molecule has 0 saturated carbocycles. The van der Waals surface area contributed by atoms with Crippen LogP contribution in [0.4, 0.5) is 0 Å². The molecule has 26 heavy (non-hydrogen) atoms. The summed E-state index contributed by atoms with van der Waals surface area (Å²) in [6, 6.07) is 9.56. The summed E-state index contributed by atoms with van der Waals surface area (Å²) in [6.45, 7) is 4.20. The Kier molecular flexibility index (Phi) is 6.68. The SMILES string of the molecule is O=C(C#Cc1ccccc1)N1CCC(CCC(=O)N2CCOCC2)CC1. The van der Waals surface area contributed by atoms with Gasteiger partial charge in [-0.1, -0.05) is 24.1 Å². The summed E-state index contributed by atoms with van der Waals surface area (Å²) >= 11 is 0. The Balaban J connectivity index is 1.39. The molecule has 2 heterocycles. The van der Waals surface area contributed by atoms with Gasteiger partial charge in [-0.15, -0.1) is 0 Å². The number of hydrogen-bond acceptors (Lipinski definition) is 3. The monoisotopic (exact) mass is 354 g/mol. The average Bonchev–Trinajstić information content (AvgIpc) is 2.72. The van der Waals surface area contributed by atoms with E-state index in [0.717, 1.165) is 37.9 Å². The van der Waals surface area contributed by atoms with E-state index in [1.165, 1.54) is 0 Å². The molecule has 0 aromatic heterocycles. The molecule has 2 aliphatic rings. The highest BCUT2D eigenvalue weighted by molar-refractivity contribution is 5.94. The van der Waals surface area contributed by atoms with Crippen molar-refractivity contribution in [2.45, 2.75) is 25.7 Å². The molecular weight excluding hydrogens is 328 g/mol. The number of carbonyl (C=O) groups is 2. The van der Waals surface area contributed by atoms with Gasteiger partial charge in [0.25, 0.3) is 5.91 Å². The summed E-state index contributed by atoms with van der Waals surface area (Å²) in [4.78, 5) is 28.2. The lowest BCUT2D eigenvalue weighted by molar-refractivity contribution is -0.136. The van der Waals surface area contributed by atoms with Gasteiger partial charge in [0, 0.05) is 44.1 Å². The Hall–Kier alpha value is -2.32.